The highest BCUT2D eigenvalue weighted by Gasteiger charge is 2.22. The van der Waals surface area contributed by atoms with Crippen LogP contribution >= 0.6 is 0 Å². The lowest BCUT2D eigenvalue weighted by molar-refractivity contribution is 0.191. The number of hydrogen-bond donors (Lipinski definition) is 1. The zero-order valence-corrected chi connectivity index (χ0v) is 15.7. The molecule has 1 aromatic carbocycles. The molecule has 0 spiro atoms. The summed E-state index contributed by atoms with van der Waals surface area (Å²) in [6.45, 7) is 7.34. The van der Waals surface area contributed by atoms with Crippen LogP contribution in [0.5, 0.6) is 0 Å². The van der Waals surface area contributed by atoms with E-state index in [1.54, 1.807) is 6.20 Å². The molecule has 1 atom stereocenters. The zero-order chi connectivity index (χ0) is 18.4. The van der Waals surface area contributed by atoms with Gasteiger partial charge in [-0.05, 0) is 36.6 Å². The first-order chi connectivity index (χ1) is 12.7. The van der Waals surface area contributed by atoms with Crippen molar-refractivity contribution in [1.82, 2.24) is 15.2 Å². The van der Waals surface area contributed by atoms with Gasteiger partial charge in [0.1, 0.15) is 0 Å². The van der Waals surface area contributed by atoms with Gasteiger partial charge >= 0.3 is 6.03 Å². The molecule has 1 aliphatic rings. The van der Waals surface area contributed by atoms with E-state index in [0.29, 0.717) is 0 Å². The Morgan fingerprint density at radius 3 is 2.50 bits per heavy atom. The largest absolute Gasteiger partial charge is 0.367 e. The molecule has 2 amide bonds. The molecular weight excluding hydrogens is 324 g/mol. The van der Waals surface area contributed by atoms with Crippen LogP contribution in [0, 0.1) is 0 Å². The van der Waals surface area contributed by atoms with Crippen LogP contribution in [-0.4, -0.2) is 42.1 Å². The molecule has 0 aliphatic carbocycles. The number of carbonyl (C=O) groups is 1. The molecule has 0 saturated carbocycles. The molecule has 3 rings (SSSR count). The van der Waals surface area contributed by atoms with Crippen molar-refractivity contribution >= 4 is 11.7 Å². The minimum absolute atomic E-state index is 0.00882. The summed E-state index contributed by atoms with van der Waals surface area (Å²) in [7, 11) is 0. The van der Waals surface area contributed by atoms with E-state index in [1.165, 1.54) is 5.56 Å². The van der Waals surface area contributed by atoms with E-state index in [1.807, 2.05) is 24.1 Å². The third-order valence-corrected chi connectivity index (χ3v) is 4.94. The number of urea groups is 1. The van der Waals surface area contributed by atoms with Crippen molar-refractivity contribution in [3.05, 3.63) is 59.9 Å². The second kappa shape index (κ2) is 8.70. The normalized spacial score (nSPS) is 15.6. The molecule has 1 unspecified atom stereocenters. The number of anilines is 1. The Morgan fingerprint density at radius 2 is 1.88 bits per heavy atom. The molecule has 0 bridgehead atoms. The quantitative estimate of drug-likeness (QED) is 0.894. The highest BCUT2D eigenvalue weighted by molar-refractivity contribution is 5.75. The predicted molar refractivity (Wildman–Crippen MR) is 105 cm³/mol. The molecule has 138 valence electrons. The van der Waals surface area contributed by atoms with E-state index in [0.717, 1.165) is 50.3 Å². The fraction of sp³-hybridized carbons (Fsp3) is 0.429. The van der Waals surface area contributed by atoms with Crippen molar-refractivity contribution in [2.24, 2.45) is 0 Å². The van der Waals surface area contributed by atoms with Gasteiger partial charge in [0.2, 0.25) is 0 Å². The number of pyridine rings is 1. The minimum Gasteiger partial charge on any atom is -0.367 e. The minimum atomic E-state index is 0.00882. The molecule has 2 aromatic rings. The van der Waals surface area contributed by atoms with Gasteiger partial charge in [-0.1, -0.05) is 37.6 Å². The van der Waals surface area contributed by atoms with Gasteiger partial charge in [0, 0.05) is 32.4 Å². The van der Waals surface area contributed by atoms with Crippen LogP contribution in [0.4, 0.5) is 10.5 Å². The lowest BCUT2D eigenvalue weighted by atomic mass is 10.0. The average Bonchev–Trinajstić information content (AvgIpc) is 2.69. The second-order valence-electron chi connectivity index (χ2n) is 6.85. The van der Waals surface area contributed by atoms with Gasteiger partial charge in [0.05, 0.1) is 17.9 Å². The first-order valence-electron chi connectivity index (χ1n) is 9.46. The van der Waals surface area contributed by atoms with E-state index >= 15 is 0 Å². The van der Waals surface area contributed by atoms with Gasteiger partial charge in [0.25, 0.3) is 0 Å². The summed E-state index contributed by atoms with van der Waals surface area (Å²) in [6, 6.07) is 12.6. The first-order valence-corrected chi connectivity index (χ1v) is 9.46. The van der Waals surface area contributed by atoms with Crippen LogP contribution in [0.25, 0.3) is 0 Å². The number of carbonyl (C=O) groups excluding carboxylic acids is 1. The second-order valence-corrected chi connectivity index (χ2v) is 6.85. The molecular formula is C21H28N4O. The summed E-state index contributed by atoms with van der Waals surface area (Å²) in [6.07, 6.45) is 5.91. The predicted octanol–water partition coefficient (Wildman–Crippen LogP) is 3.63. The third kappa shape index (κ3) is 4.54. The van der Waals surface area contributed by atoms with Gasteiger partial charge < -0.3 is 15.1 Å². The number of nitrogens with one attached hydrogen (secondary N) is 1. The Morgan fingerprint density at radius 1 is 1.15 bits per heavy atom. The monoisotopic (exact) mass is 352 g/mol. The lowest BCUT2D eigenvalue weighted by Gasteiger charge is -2.36. The number of aromatic nitrogens is 1. The maximum Gasteiger partial charge on any atom is 0.317 e. The van der Waals surface area contributed by atoms with Crippen LogP contribution in [0.15, 0.2) is 48.8 Å². The zero-order valence-electron chi connectivity index (χ0n) is 15.7. The number of hydrogen-bond acceptors (Lipinski definition) is 3. The van der Waals surface area contributed by atoms with Crippen LogP contribution in [-0.2, 0) is 6.42 Å². The van der Waals surface area contributed by atoms with E-state index in [-0.39, 0.29) is 12.1 Å². The van der Waals surface area contributed by atoms with Gasteiger partial charge in [-0.15, -0.1) is 0 Å². The van der Waals surface area contributed by atoms with Crippen molar-refractivity contribution in [2.45, 2.75) is 32.7 Å². The number of rotatable bonds is 5. The van der Waals surface area contributed by atoms with Crippen molar-refractivity contribution in [1.29, 1.82) is 0 Å². The molecule has 5 heteroatoms. The number of aryl methyl sites for hydroxylation is 1. The molecule has 1 aromatic heterocycles. The highest BCUT2D eigenvalue weighted by Crippen LogP contribution is 2.17. The number of piperazine rings is 1. The van der Waals surface area contributed by atoms with Crippen LogP contribution in [0.2, 0.25) is 0 Å². The standard InChI is InChI=1S/C21H28N4O/c1-3-5-18-7-9-19(10-8-18)17(2)23-21(26)25-14-12-24(13-15-25)20-6-4-11-22-16-20/h4,6-11,16-17H,3,5,12-15H2,1-2H3,(H,23,26). The fourth-order valence-corrected chi connectivity index (χ4v) is 3.33. The molecule has 1 fully saturated rings. The average molecular weight is 352 g/mol. The molecule has 0 radical (unpaired) electrons. The topological polar surface area (TPSA) is 48.5 Å². The van der Waals surface area contributed by atoms with Gasteiger partial charge in [-0.3, -0.25) is 4.98 Å². The smallest absolute Gasteiger partial charge is 0.317 e. The van der Waals surface area contributed by atoms with Crippen LogP contribution < -0.4 is 10.2 Å². The molecule has 2 heterocycles. The first kappa shape index (κ1) is 18.2. The SMILES string of the molecule is CCCc1ccc(C(C)NC(=O)N2CCN(c3cccnc3)CC2)cc1. The number of benzene rings is 1. The van der Waals surface area contributed by atoms with Crippen molar-refractivity contribution in [2.75, 3.05) is 31.1 Å². The Bertz CT molecular complexity index is 694. The number of nitrogens with zero attached hydrogens (tertiary/aromatic N) is 3. The molecule has 1 aliphatic heterocycles. The van der Waals surface area contributed by atoms with Crippen molar-refractivity contribution < 1.29 is 4.79 Å². The van der Waals surface area contributed by atoms with Gasteiger partial charge in [-0.2, -0.15) is 0 Å². The summed E-state index contributed by atoms with van der Waals surface area (Å²) >= 11 is 0. The van der Waals surface area contributed by atoms with Crippen molar-refractivity contribution in [3.8, 4) is 0 Å². The summed E-state index contributed by atoms with van der Waals surface area (Å²) in [4.78, 5) is 20.9. The Kier molecular flexibility index (Phi) is 6.10. The van der Waals surface area contributed by atoms with Crippen LogP contribution in [0.1, 0.15) is 37.4 Å². The number of amides is 2. The Hall–Kier alpha value is -2.56. The molecule has 26 heavy (non-hydrogen) atoms. The van der Waals surface area contributed by atoms with Crippen LogP contribution in [0.3, 0.4) is 0 Å². The molecule has 5 nitrogen and oxygen atoms in total. The maximum absolute atomic E-state index is 12.6. The van der Waals surface area contributed by atoms with E-state index < -0.39 is 0 Å². The Labute approximate surface area is 156 Å². The van der Waals surface area contributed by atoms with Gasteiger partial charge in [-0.25, -0.2) is 4.79 Å². The maximum atomic E-state index is 12.6. The van der Waals surface area contributed by atoms with E-state index in [4.69, 9.17) is 0 Å². The van der Waals surface area contributed by atoms with E-state index in [9.17, 15) is 4.79 Å². The summed E-state index contributed by atoms with van der Waals surface area (Å²) < 4.78 is 0. The fourth-order valence-electron chi connectivity index (χ4n) is 3.33. The summed E-state index contributed by atoms with van der Waals surface area (Å²) in [5.41, 5.74) is 3.61. The third-order valence-electron chi connectivity index (χ3n) is 4.94. The lowest BCUT2D eigenvalue weighted by Crippen LogP contribution is -2.52. The Balaban J connectivity index is 1.50. The summed E-state index contributed by atoms with van der Waals surface area (Å²) in [5, 5.41) is 3.13. The molecule has 1 saturated heterocycles. The summed E-state index contributed by atoms with van der Waals surface area (Å²) in [5.74, 6) is 0. The highest BCUT2D eigenvalue weighted by atomic mass is 16.2. The molecule has 1 N–H and O–H groups in total. The van der Waals surface area contributed by atoms with Gasteiger partial charge in [0.15, 0.2) is 0 Å². The van der Waals surface area contributed by atoms with Crippen molar-refractivity contribution in [3.63, 3.8) is 0 Å². The van der Waals surface area contributed by atoms with E-state index in [2.05, 4.69) is 52.5 Å².